The van der Waals surface area contributed by atoms with Gasteiger partial charge in [0, 0.05) is 17.8 Å². The molecular weight excluding hydrogens is 389 g/mol. The molecule has 0 aliphatic rings. The van der Waals surface area contributed by atoms with E-state index in [0.29, 0.717) is 18.1 Å². The number of aromatic nitrogens is 3. The molecule has 2 aromatic heterocycles. The van der Waals surface area contributed by atoms with Gasteiger partial charge < -0.3 is 4.74 Å². The first-order chi connectivity index (χ1) is 14.1. The number of hydrogen-bond donors (Lipinski definition) is 0. The van der Waals surface area contributed by atoms with Gasteiger partial charge in [0.05, 0.1) is 6.20 Å². The van der Waals surface area contributed by atoms with E-state index in [1.807, 2.05) is 36.4 Å². The lowest BCUT2D eigenvalue weighted by molar-refractivity contribution is 0.294. The molecule has 1 aromatic carbocycles. The first-order valence-corrected chi connectivity index (χ1v) is 9.30. The number of hydrogen-bond acceptors (Lipinski definition) is 4. The average Bonchev–Trinajstić information content (AvgIpc) is 2.76. The van der Waals surface area contributed by atoms with Crippen LogP contribution in [-0.4, -0.2) is 15.0 Å². The summed E-state index contributed by atoms with van der Waals surface area (Å²) >= 11 is 5.82. The van der Waals surface area contributed by atoms with Gasteiger partial charge in [0.15, 0.2) is 5.82 Å². The molecule has 0 unspecified atom stereocenters. The van der Waals surface area contributed by atoms with Crippen molar-refractivity contribution in [3.63, 3.8) is 0 Å². The van der Waals surface area contributed by atoms with Crippen LogP contribution in [0.2, 0.25) is 5.28 Å². The predicted octanol–water partition coefficient (Wildman–Crippen LogP) is 5.92. The largest absolute Gasteiger partial charge is 0.473 e. The van der Waals surface area contributed by atoms with Crippen LogP contribution in [0.4, 0.5) is 4.39 Å². The maximum atomic E-state index is 14.1. The van der Waals surface area contributed by atoms with E-state index in [0.717, 1.165) is 22.9 Å². The topological polar surface area (TPSA) is 47.9 Å². The van der Waals surface area contributed by atoms with Crippen LogP contribution in [0.15, 0.2) is 79.7 Å². The second-order valence-electron chi connectivity index (χ2n) is 6.04. The van der Waals surface area contributed by atoms with Crippen LogP contribution in [0.1, 0.15) is 23.7 Å². The molecule has 0 radical (unpaired) electrons. The lowest BCUT2D eigenvalue weighted by Crippen LogP contribution is -1.98. The second kappa shape index (κ2) is 9.75. The monoisotopic (exact) mass is 407 g/mol. The van der Waals surface area contributed by atoms with E-state index in [1.165, 1.54) is 0 Å². The van der Waals surface area contributed by atoms with Crippen LogP contribution >= 0.6 is 11.6 Å². The third-order valence-corrected chi connectivity index (χ3v) is 4.31. The summed E-state index contributed by atoms with van der Waals surface area (Å²) in [7, 11) is 0. The fraction of sp³-hybridized carbons (Fsp3) is 0.0870. The molecule has 0 atom stereocenters. The Hall–Kier alpha value is -3.31. The molecule has 0 aliphatic heterocycles. The van der Waals surface area contributed by atoms with E-state index >= 15 is 0 Å². The van der Waals surface area contributed by atoms with E-state index in [-0.39, 0.29) is 11.0 Å². The molecule has 146 valence electrons. The Kier molecular flexibility index (Phi) is 6.87. The van der Waals surface area contributed by atoms with Gasteiger partial charge in [0.25, 0.3) is 0 Å². The van der Waals surface area contributed by atoms with Crippen LogP contribution in [0, 0.1) is 5.82 Å². The molecule has 3 aromatic rings. The van der Waals surface area contributed by atoms with Gasteiger partial charge in [-0.05, 0) is 47.4 Å². The minimum absolute atomic E-state index is 0.0177. The summed E-state index contributed by atoms with van der Waals surface area (Å²) in [5.41, 5.74) is 3.32. The van der Waals surface area contributed by atoms with Crippen molar-refractivity contribution >= 4 is 22.7 Å². The number of ether oxygens (including phenoxy) is 1. The Morgan fingerprint density at radius 2 is 1.90 bits per heavy atom. The summed E-state index contributed by atoms with van der Waals surface area (Å²) in [5, 5.41) is -0.0177. The number of allylic oxidation sites excluding steroid dienone is 5. The minimum atomic E-state index is -0.551. The highest BCUT2D eigenvalue weighted by atomic mass is 35.5. The molecule has 0 bridgehead atoms. The van der Waals surface area contributed by atoms with Gasteiger partial charge in [-0.25, -0.2) is 19.3 Å². The zero-order chi connectivity index (χ0) is 20.6. The molecule has 0 saturated carbocycles. The van der Waals surface area contributed by atoms with Gasteiger partial charge in [-0.2, -0.15) is 0 Å². The zero-order valence-corrected chi connectivity index (χ0v) is 16.6. The molecule has 0 spiro atoms. The smallest absolute Gasteiger partial charge is 0.223 e. The van der Waals surface area contributed by atoms with Crippen LogP contribution in [0.3, 0.4) is 0 Å². The van der Waals surface area contributed by atoms with E-state index in [4.69, 9.17) is 16.3 Å². The summed E-state index contributed by atoms with van der Waals surface area (Å²) in [5.74, 6) is -0.0363. The third-order valence-electron chi connectivity index (χ3n) is 4.13. The summed E-state index contributed by atoms with van der Waals surface area (Å²) in [4.78, 5) is 12.0. The number of benzene rings is 1. The fourth-order valence-electron chi connectivity index (χ4n) is 2.63. The first-order valence-electron chi connectivity index (χ1n) is 8.92. The average molecular weight is 408 g/mol. The first kappa shape index (κ1) is 20.4. The Bertz CT molecular complexity index is 1050. The highest BCUT2D eigenvalue weighted by Gasteiger charge is 2.11. The minimum Gasteiger partial charge on any atom is -0.473 e. The number of halogens is 2. The van der Waals surface area contributed by atoms with Crippen LogP contribution in [0.25, 0.3) is 11.1 Å². The van der Waals surface area contributed by atoms with Crippen LogP contribution in [0.5, 0.6) is 5.88 Å². The van der Waals surface area contributed by atoms with Crippen LogP contribution < -0.4 is 4.74 Å². The van der Waals surface area contributed by atoms with Crippen molar-refractivity contribution < 1.29 is 9.13 Å². The maximum Gasteiger partial charge on any atom is 0.223 e. The number of nitrogens with zero attached hydrogens (tertiary/aromatic N) is 3. The summed E-state index contributed by atoms with van der Waals surface area (Å²) in [6.45, 7) is 6.08. The normalized spacial score (nSPS) is 12.0. The van der Waals surface area contributed by atoms with Gasteiger partial charge in [0.1, 0.15) is 12.3 Å². The standard InChI is InChI=1S/C23H19ClFN3O/c1-3-17(12-18(4-2)22-20(25)14-27-23(24)28-22)19-10-11-21(26-13-19)29-15-16-8-6-5-7-9-16/h3-14H,1,15H2,2H3/b17-12+,18-4+. The summed E-state index contributed by atoms with van der Waals surface area (Å²) < 4.78 is 19.8. The molecule has 2 heterocycles. The van der Waals surface area contributed by atoms with E-state index < -0.39 is 5.82 Å². The number of rotatable bonds is 7. The predicted molar refractivity (Wildman–Crippen MR) is 114 cm³/mol. The van der Waals surface area contributed by atoms with Gasteiger partial charge in [-0.1, -0.05) is 49.1 Å². The van der Waals surface area contributed by atoms with Gasteiger partial charge >= 0.3 is 0 Å². The van der Waals surface area contributed by atoms with Crippen molar-refractivity contribution in [3.05, 3.63) is 108 Å². The van der Waals surface area contributed by atoms with Crippen LogP contribution in [-0.2, 0) is 6.61 Å². The van der Waals surface area contributed by atoms with E-state index in [9.17, 15) is 4.39 Å². The van der Waals surface area contributed by atoms with Gasteiger partial charge in [-0.15, -0.1) is 0 Å². The van der Waals surface area contributed by atoms with Crippen molar-refractivity contribution in [2.24, 2.45) is 0 Å². The number of pyridine rings is 1. The van der Waals surface area contributed by atoms with E-state index in [2.05, 4.69) is 21.5 Å². The molecule has 29 heavy (non-hydrogen) atoms. The highest BCUT2D eigenvalue weighted by Crippen LogP contribution is 2.25. The molecule has 0 aliphatic carbocycles. The van der Waals surface area contributed by atoms with Crippen molar-refractivity contribution in [2.45, 2.75) is 13.5 Å². The molecule has 0 N–H and O–H groups in total. The third kappa shape index (κ3) is 5.36. The maximum absolute atomic E-state index is 14.1. The molecule has 4 nitrogen and oxygen atoms in total. The molecule has 6 heteroatoms. The van der Waals surface area contributed by atoms with E-state index in [1.54, 1.807) is 37.4 Å². The molecule has 0 saturated heterocycles. The summed E-state index contributed by atoms with van der Waals surface area (Å²) in [6.07, 6.45) is 7.93. The highest BCUT2D eigenvalue weighted by molar-refractivity contribution is 6.28. The lowest BCUT2D eigenvalue weighted by atomic mass is 10.0. The zero-order valence-electron chi connectivity index (χ0n) is 15.8. The second-order valence-corrected chi connectivity index (χ2v) is 6.38. The van der Waals surface area contributed by atoms with Gasteiger partial charge in [-0.3, -0.25) is 0 Å². The summed E-state index contributed by atoms with van der Waals surface area (Å²) in [6, 6.07) is 13.5. The molecule has 0 amide bonds. The fourth-order valence-corrected chi connectivity index (χ4v) is 2.77. The van der Waals surface area contributed by atoms with Crippen molar-refractivity contribution in [1.29, 1.82) is 0 Å². The molecule has 0 fully saturated rings. The Labute approximate surface area is 174 Å². The van der Waals surface area contributed by atoms with Crippen molar-refractivity contribution in [3.8, 4) is 5.88 Å². The van der Waals surface area contributed by atoms with Crippen molar-refractivity contribution in [2.75, 3.05) is 0 Å². The lowest BCUT2D eigenvalue weighted by Gasteiger charge is -2.09. The van der Waals surface area contributed by atoms with Crippen molar-refractivity contribution in [1.82, 2.24) is 15.0 Å². The molecule has 3 rings (SSSR count). The molecular formula is C23H19ClFN3O. The Morgan fingerprint density at radius 1 is 1.10 bits per heavy atom. The SMILES string of the molecule is C=C/C(=C\C(=C/C)c1nc(Cl)ncc1F)c1ccc(OCc2ccccc2)nc1. The Morgan fingerprint density at radius 3 is 2.55 bits per heavy atom. The van der Waals surface area contributed by atoms with Gasteiger partial charge in [0.2, 0.25) is 11.2 Å². The Balaban J connectivity index is 1.80. The quantitative estimate of drug-likeness (QED) is 0.360.